The molecular weight excluding hydrogens is 284 g/mol. The first-order valence-electron chi connectivity index (χ1n) is 8.84. The Morgan fingerprint density at radius 2 is 1.61 bits per heavy atom. The van der Waals surface area contributed by atoms with E-state index in [9.17, 15) is 4.79 Å². The maximum atomic E-state index is 12.8. The average Bonchev–Trinajstić information content (AvgIpc) is 3.15. The zero-order valence-corrected chi connectivity index (χ0v) is 13.5. The summed E-state index contributed by atoms with van der Waals surface area (Å²) in [5.74, 6) is 1.80. The number of amides is 1. The Balaban J connectivity index is 1.46. The van der Waals surface area contributed by atoms with Crippen molar-refractivity contribution in [2.24, 2.45) is 11.8 Å². The molecule has 1 aliphatic heterocycles. The van der Waals surface area contributed by atoms with Gasteiger partial charge in [0.05, 0.1) is 0 Å². The molecule has 3 heteroatoms. The van der Waals surface area contributed by atoms with E-state index in [2.05, 4.69) is 9.47 Å². The zero-order chi connectivity index (χ0) is 15.6. The Morgan fingerprint density at radius 1 is 0.913 bits per heavy atom. The number of aromatic nitrogens is 1. The van der Waals surface area contributed by atoms with Crippen molar-refractivity contribution in [3.8, 4) is 5.69 Å². The third-order valence-corrected chi connectivity index (χ3v) is 5.60. The van der Waals surface area contributed by atoms with Crippen LogP contribution < -0.4 is 0 Å². The summed E-state index contributed by atoms with van der Waals surface area (Å²) in [6.07, 6.45) is 10.6. The smallest absolute Gasteiger partial charge is 0.253 e. The van der Waals surface area contributed by atoms with Gasteiger partial charge >= 0.3 is 0 Å². The molecule has 23 heavy (non-hydrogen) atoms. The summed E-state index contributed by atoms with van der Waals surface area (Å²) in [7, 11) is 0. The van der Waals surface area contributed by atoms with Crippen LogP contribution in [0.25, 0.3) is 5.69 Å². The van der Waals surface area contributed by atoms with Gasteiger partial charge in [0.25, 0.3) is 5.91 Å². The molecule has 2 atom stereocenters. The molecule has 1 amide bonds. The Hall–Kier alpha value is -2.03. The molecule has 1 aromatic heterocycles. The van der Waals surface area contributed by atoms with Gasteiger partial charge in [-0.1, -0.05) is 19.3 Å². The third-order valence-electron chi connectivity index (χ3n) is 5.60. The highest BCUT2D eigenvalue weighted by molar-refractivity contribution is 5.94. The Kier molecular flexibility index (Phi) is 3.94. The van der Waals surface area contributed by atoms with E-state index in [-0.39, 0.29) is 5.91 Å². The highest BCUT2D eigenvalue weighted by Crippen LogP contribution is 2.36. The second-order valence-corrected chi connectivity index (χ2v) is 6.98. The van der Waals surface area contributed by atoms with E-state index < -0.39 is 0 Å². The van der Waals surface area contributed by atoms with Crippen LogP contribution in [0.1, 0.15) is 42.5 Å². The molecule has 2 heterocycles. The normalized spacial score (nSPS) is 24.3. The van der Waals surface area contributed by atoms with Crippen molar-refractivity contribution in [3.63, 3.8) is 0 Å². The van der Waals surface area contributed by atoms with Crippen LogP contribution >= 0.6 is 0 Å². The summed E-state index contributed by atoms with van der Waals surface area (Å²) in [5, 5.41) is 0. The van der Waals surface area contributed by atoms with Gasteiger partial charge in [0, 0.05) is 36.7 Å². The van der Waals surface area contributed by atoms with E-state index in [0.717, 1.165) is 36.2 Å². The van der Waals surface area contributed by atoms with E-state index in [1.165, 1.54) is 32.1 Å². The molecule has 0 bridgehead atoms. The van der Waals surface area contributed by atoms with Gasteiger partial charge in [-0.25, -0.2) is 0 Å². The number of hydrogen-bond acceptors (Lipinski definition) is 1. The predicted molar refractivity (Wildman–Crippen MR) is 91.7 cm³/mol. The average molecular weight is 308 g/mol. The number of carbonyl (C=O) groups excluding carboxylic acids is 1. The van der Waals surface area contributed by atoms with E-state index in [4.69, 9.17) is 0 Å². The molecule has 120 valence electrons. The molecule has 4 rings (SSSR count). The Bertz CT molecular complexity index is 659. The fourth-order valence-corrected chi connectivity index (χ4v) is 4.25. The maximum Gasteiger partial charge on any atom is 0.253 e. The van der Waals surface area contributed by atoms with Gasteiger partial charge in [0.1, 0.15) is 0 Å². The lowest BCUT2D eigenvalue weighted by molar-refractivity contribution is 0.0521. The second kappa shape index (κ2) is 6.23. The van der Waals surface area contributed by atoms with Crippen molar-refractivity contribution in [3.05, 3.63) is 54.4 Å². The lowest BCUT2D eigenvalue weighted by Crippen LogP contribution is -2.44. The standard InChI is InChI=1S/C20H24N2O/c23-20(22-14-11-16-5-1-2-6-18(16)15-22)17-7-9-19(10-8-17)21-12-3-4-13-21/h3-4,7-10,12-13,16,18H,1-2,5-6,11,14-15H2/t16-,18-/m1/s1. The summed E-state index contributed by atoms with van der Waals surface area (Å²) in [6.45, 7) is 1.89. The molecule has 0 spiro atoms. The van der Waals surface area contributed by atoms with Gasteiger partial charge in [-0.05, 0) is 61.1 Å². The minimum atomic E-state index is 0.202. The number of hydrogen-bond donors (Lipinski definition) is 0. The fraction of sp³-hybridized carbons (Fsp3) is 0.450. The number of fused-ring (bicyclic) bond motifs is 1. The van der Waals surface area contributed by atoms with Crippen LogP contribution in [-0.4, -0.2) is 28.5 Å². The number of rotatable bonds is 2. The molecule has 2 fully saturated rings. The van der Waals surface area contributed by atoms with Gasteiger partial charge in [-0.15, -0.1) is 0 Å². The zero-order valence-electron chi connectivity index (χ0n) is 13.5. The maximum absolute atomic E-state index is 12.8. The lowest BCUT2D eigenvalue weighted by Gasteiger charge is -2.41. The first-order chi connectivity index (χ1) is 11.3. The van der Waals surface area contributed by atoms with Crippen molar-refractivity contribution in [1.29, 1.82) is 0 Å². The van der Waals surface area contributed by atoms with Crippen LogP contribution in [-0.2, 0) is 0 Å². The van der Waals surface area contributed by atoms with Crippen molar-refractivity contribution in [1.82, 2.24) is 9.47 Å². The quantitative estimate of drug-likeness (QED) is 0.819. The van der Waals surface area contributed by atoms with Crippen LogP contribution in [0.2, 0.25) is 0 Å². The predicted octanol–water partition coefficient (Wildman–Crippen LogP) is 4.13. The fourth-order valence-electron chi connectivity index (χ4n) is 4.25. The first-order valence-corrected chi connectivity index (χ1v) is 8.84. The van der Waals surface area contributed by atoms with Crippen molar-refractivity contribution in [2.75, 3.05) is 13.1 Å². The summed E-state index contributed by atoms with van der Waals surface area (Å²) >= 11 is 0. The van der Waals surface area contributed by atoms with Crippen molar-refractivity contribution >= 4 is 5.91 Å². The molecule has 1 aliphatic carbocycles. The van der Waals surface area contributed by atoms with E-state index in [1.807, 2.05) is 48.8 Å². The van der Waals surface area contributed by atoms with Gasteiger partial charge in [0.15, 0.2) is 0 Å². The summed E-state index contributed by atoms with van der Waals surface area (Å²) in [6, 6.07) is 12.0. The van der Waals surface area contributed by atoms with Crippen LogP contribution in [0.15, 0.2) is 48.8 Å². The largest absolute Gasteiger partial charge is 0.338 e. The molecule has 2 aliphatic rings. The highest BCUT2D eigenvalue weighted by Gasteiger charge is 2.33. The number of nitrogens with zero attached hydrogens (tertiary/aromatic N) is 2. The molecule has 1 saturated carbocycles. The summed E-state index contributed by atoms with van der Waals surface area (Å²) < 4.78 is 2.06. The van der Waals surface area contributed by atoms with Gasteiger partial charge in [0.2, 0.25) is 0 Å². The minimum Gasteiger partial charge on any atom is -0.338 e. The van der Waals surface area contributed by atoms with Crippen LogP contribution in [0.4, 0.5) is 0 Å². The molecular formula is C20H24N2O. The topological polar surface area (TPSA) is 25.2 Å². The monoisotopic (exact) mass is 308 g/mol. The van der Waals surface area contributed by atoms with Crippen molar-refractivity contribution < 1.29 is 4.79 Å². The number of piperidine rings is 1. The van der Waals surface area contributed by atoms with Gasteiger partial charge in [-0.2, -0.15) is 0 Å². The molecule has 2 aromatic rings. The van der Waals surface area contributed by atoms with Crippen LogP contribution in [0, 0.1) is 11.8 Å². The lowest BCUT2D eigenvalue weighted by atomic mass is 9.75. The molecule has 0 unspecified atom stereocenters. The SMILES string of the molecule is O=C(c1ccc(-n2cccc2)cc1)N1CC[C@H]2CCCC[C@@H]2C1. The third kappa shape index (κ3) is 2.92. The molecule has 0 radical (unpaired) electrons. The van der Waals surface area contributed by atoms with Crippen LogP contribution in [0.3, 0.4) is 0 Å². The molecule has 1 saturated heterocycles. The van der Waals surface area contributed by atoms with E-state index in [0.29, 0.717) is 0 Å². The number of likely N-dealkylation sites (tertiary alicyclic amines) is 1. The molecule has 3 nitrogen and oxygen atoms in total. The molecule has 1 aromatic carbocycles. The first kappa shape index (κ1) is 14.6. The van der Waals surface area contributed by atoms with E-state index in [1.54, 1.807) is 0 Å². The minimum absolute atomic E-state index is 0.202. The van der Waals surface area contributed by atoms with Crippen molar-refractivity contribution in [2.45, 2.75) is 32.1 Å². The number of benzene rings is 1. The summed E-state index contributed by atoms with van der Waals surface area (Å²) in [4.78, 5) is 14.9. The Morgan fingerprint density at radius 3 is 2.35 bits per heavy atom. The highest BCUT2D eigenvalue weighted by atomic mass is 16.2. The second-order valence-electron chi connectivity index (χ2n) is 6.98. The number of carbonyl (C=O) groups is 1. The Labute approximate surface area is 137 Å². The molecule has 0 N–H and O–H groups in total. The summed E-state index contributed by atoms with van der Waals surface area (Å²) in [5.41, 5.74) is 1.91. The van der Waals surface area contributed by atoms with Crippen LogP contribution in [0.5, 0.6) is 0 Å². The van der Waals surface area contributed by atoms with E-state index >= 15 is 0 Å². The van der Waals surface area contributed by atoms with Gasteiger partial charge < -0.3 is 9.47 Å². The van der Waals surface area contributed by atoms with Gasteiger partial charge in [-0.3, -0.25) is 4.79 Å².